The highest BCUT2D eigenvalue weighted by Crippen LogP contribution is 2.30. The molecule has 1 aromatic heterocycles. The van der Waals surface area contributed by atoms with Crippen molar-refractivity contribution < 1.29 is 49.2 Å². The number of rotatable bonds is 10. The van der Waals surface area contributed by atoms with E-state index < -0.39 is 45.7 Å². The molecule has 0 aliphatic carbocycles. The van der Waals surface area contributed by atoms with Crippen LogP contribution in [0.5, 0.6) is 0 Å². The number of alkyl halides is 5. The summed E-state index contributed by atoms with van der Waals surface area (Å²) in [4.78, 5) is 2.12. The van der Waals surface area contributed by atoms with Crippen LogP contribution in [-0.4, -0.2) is 54.0 Å². The molecule has 0 saturated heterocycles. The molecular weight excluding hydrogens is 393 g/mol. The molecule has 2 atom stereocenters. The monoisotopic (exact) mass is 403 g/mol. The Hall–Kier alpha value is -1.07. The predicted molar refractivity (Wildman–Crippen MR) is 66.2 cm³/mol. The van der Waals surface area contributed by atoms with Gasteiger partial charge in [0.15, 0.2) is 6.17 Å². The van der Waals surface area contributed by atoms with Crippen LogP contribution in [0.3, 0.4) is 0 Å². The first kappa shape index (κ1) is 21.0. The molecule has 0 aliphatic rings. The summed E-state index contributed by atoms with van der Waals surface area (Å²) in [5.74, 6) is -5.19. The van der Waals surface area contributed by atoms with Gasteiger partial charge < -0.3 is 4.98 Å². The van der Waals surface area contributed by atoms with E-state index in [1.165, 1.54) is 6.92 Å². The van der Waals surface area contributed by atoms with Gasteiger partial charge in [-0.1, -0.05) is 5.04 Å². The largest absolute Gasteiger partial charge is 0.340 e. The molecule has 9 nitrogen and oxygen atoms in total. The second-order valence-electron chi connectivity index (χ2n) is 4.08. The first-order chi connectivity index (χ1) is 11.0. The lowest BCUT2D eigenvalue weighted by molar-refractivity contribution is -0.432. The van der Waals surface area contributed by atoms with Gasteiger partial charge in [0.25, 0.3) is 5.16 Å². The summed E-state index contributed by atoms with van der Waals surface area (Å²) in [5, 5.41) is 16.1. The average Bonchev–Trinajstić information content (AvgIpc) is 3.00. The topological polar surface area (TPSA) is 124 Å². The summed E-state index contributed by atoms with van der Waals surface area (Å²) in [7, 11) is -4.85. The molecule has 0 bridgehead atoms. The van der Waals surface area contributed by atoms with Crippen molar-refractivity contribution in [2.45, 2.75) is 35.8 Å². The molecule has 1 rings (SSSR count). The molecule has 0 fully saturated rings. The van der Waals surface area contributed by atoms with Crippen molar-refractivity contribution in [1.29, 1.82) is 0 Å². The highest BCUT2D eigenvalue weighted by atomic mass is 32.2. The zero-order valence-electron chi connectivity index (χ0n) is 11.5. The molecule has 140 valence electrons. The van der Waals surface area contributed by atoms with Gasteiger partial charge in [-0.25, -0.2) is 18.4 Å². The van der Waals surface area contributed by atoms with Crippen molar-refractivity contribution in [2.24, 2.45) is 0 Å². The average molecular weight is 403 g/mol. The lowest BCUT2D eigenvalue weighted by Gasteiger charge is -2.18. The summed E-state index contributed by atoms with van der Waals surface area (Å²) in [5.41, 5.74) is 0. The van der Waals surface area contributed by atoms with Gasteiger partial charge in [-0.2, -0.15) is 17.2 Å². The molecule has 0 spiro atoms. The maximum absolute atomic E-state index is 13.0. The Morgan fingerprint density at radius 1 is 1.33 bits per heavy atom. The quantitative estimate of drug-likeness (QED) is 0.198. The Morgan fingerprint density at radius 2 is 1.96 bits per heavy atom. The molecule has 2 N–H and O–H groups in total. The Bertz CT molecular complexity index is 629. The SMILES string of the molecule is CC(SOOO)c1nnc(S(=O)(=O)OCC(F)C(F)(F)C(F)F)[nH]1. The molecule has 0 aliphatic heterocycles. The predicted octanol–water partition coefficient (Wildman–Crippen LogP) is 1.88. The lowest BCUT2D eigenvalue weighted by atomic mass is 10.2. The van der Waals surface area contributed by atoms with Crippen LogP contribution >= 0.6 is 12.0 Å². The van der Waals surface area contributed by atoms with Crippen LogP contribution in [0.25, 0.3) is 0 Å². The standard InChI is InChI=1S/C8H10F5N3O6S2/c1-3(23-22-21-17)5-14-7(16-15-5)24(18,19)20-2-4(9)8(12,13)6(10)11/h3-4,6,17H,2H2,1H3,(H,14,15,16). The van der Waals surface area contributed by atoms with Gasteiger partial charge in [0.1, 0.15) is 12.4 Å². The van der Waals surface area contributed by atoms with E-state index in [1.54, 1.807) is 0 Å². The minimum absolute atomic E-state index is 0.117. The molecule has 16 heteroatoms. The second kappa shape index (κ2) is 8.34. The van der Waals surface area contributed by atoms with E-state index in [0.29, 0.717) is 12.0 Å². The van der Waals surface area contributed by atoms with Gasteiger partial charge in [0.2, 0.25) is 0 Å². The first-order valence-corrected chi connectivity index (χ1v) is 7.99. The third kappa shape index (κ3) is 5.21. The van der Waals surface area contributed by atoms with Crippen LogP contribution in [-0.2, 0) is 23.7 Å². The van der Waals surface area contributed by atoms with E-state index in [2.05, 4.69) is 28.7 Å². The van der Waals surface area contributed by atoms with E-state index >= 15 is 0 Å². The Morgan fingerprint density at radius 3 is 2.50 bits per heavy atom. The Kier molecular flexibility index (Phi) is 7.29. The Labute approximate surface area is 135 Å². The van der Waals surface area contributed by atoms with Crippen LogP contribution in [0.4, 0.5) is 22.0 Å². The summed E-state index contributed by atoms with van der Waals surface area (Å²) in [6, 6.07) is 0. The molecule has 1 aromatic rings. The van der Waals surface area contributed by atoms with Crippen molar-refractivity contribution >= 4 is 22.2 Å². The van der Waals surface area contributed by atoms with Crippen molar-refractivity contribution in [1.82, 2.24) is 15.2 Å². The van der Waals surface area contributed by atoms with E-state index in [0.717, 1.165) is 0 Å². The van der Waals surface area contributed by atoms with Crippen LogP contribution in [0.1, 0.15) is 18.0 Å². The molecule has 24 heavy (non-hydrogen) atoms. The molecule has 2 unspecified atom stereocenters. The third-order valence-electron chi connectivity index (χ3n) is 2.40. The van der Waals surface area contributed by atoms with Gasteiger partial charge >= 0.3 is 22.5 Å². The van der Waals surface area contributed by atoms with E-state index in [1.807, 2.05) is 0 Å². The van der Waals surface area contributed by atoms with Crippen molar-refractivity contribution in [3.05, 3.63) is 5.82 Å². The van der Waals surface area contributed by atoms with Crippen molar-refractivity contribution in [2.75, 3.05) is 6.61 Å². The zero-order valence-corrected chi connectivity index (χ0v) is 13.2. The number of H-pyrrole nitrogens is 1. The molecule has 0 aromatic carbocycles. The van der Waals surface area contributed by atoms with Crippen molar-refractivity contribution in [3.63, 3.8) is 0 Å². The van der Waals surface area contributed by atoms with E-state index in [-0.39, 0.29) is 5.82 Å². The number of aromatic nitrogens is 3. The number of hydrogen-bond donors (Lipinski definition) is 2. The lowest BCUT2D eigenvalue weighted by Crippen LogP contribution is -2.40. The number of nitrogens with one attached hydrogen (secondary N) is 1. The summed E-state index contributed by atoms with van der Waals surface area (Å²) < 4.78 is 93.5. The van der Waals surface area contributed by atoms with Gasteiger partial charge in [-0.15, -0.1) is 14.5 Å². The third-order valence-corrected chi connectivity index (χ3v) is 4.15. The molecular formula is C8H10F5N3O6S2. The van der Waals surface area contributed by atoms with Crippen LogP contribution in [0.2, 0.25) is 0 Å². The molecule has 0 saturated carbocycles. The summed E-state index contributed by atoms with van der Waals surface area (Å²) in [6.45, 7) is -0.427. The second-order valence-corrected chi connectivity index (χ2v) is 6.64. The molecule has 1 heterocycles. The minimum atomic E-state index is -5.07. The van der Waals surface area contributed by atoms with Gasteiger partial charge in [-0.05, 0) is 6.92 Å². The first-order valence-electron chi connectivity index (χ1n) is 5.78. The van der Waals surface area contributed by atoms with Gasteiger partial charge in [-0.3, -0.25) is 4.18 Å². The van der Waals surface area contributed by atoms with Crippen LogP contribution in [0, 0.1) is 0 Å². The molecule has 0 radical (unpaired) electrons. The smallest absolute Gasteiger partial charge is 0.313 e. The Balaban J connectivity index is 2.74. The fourth-order valence-electron chi connectivity index (χ4n) is 1.13. The fourth-order valence-corrected chi connectivity index (χ4v) is 2.26. The van der Waals surface area contributed by atoms with Gasteiger partial charge in [0, 0.05) is 12.0 Å². The summed E-state index contributed by atoms with van der Waals surface area (Å²) >= 11 is 0.494. The maximum Gasteiger partial charge on any atom is 0.340 e. The van der Waals surface area contributed by atoms with Crippen LogP contribution < -0.4 is 0 Å². The van der Waals surface area contributed by atoms with Gasteiger partial charge in [0.05, 0.1) is 5.25 Å². The highest BCUT2D eigenvalue weighted by molar-refractivity contribution is 7.94. The number of aromatic amines is 1. The number of halogens is 5. The number of nitrogens with zero attached hydrogens (tertiary/aromatic N) is 2. The number of hydrogen-bond acceptors (Lipinski definition) is 9. The maximum atomic E-state index is 13.0. The molecule has 0 amide bonds. The zero-order chi connectivity index (χ0) is 18.5. The van der Waals surface area contributed by atoms with Crippen LogP contribution in [0.15, 0.2) is 5.16 Å². The normalized spacial score (nSPS) is 15.7. The fraction of sp³-hybridized carbons (Fsp3) is 0.750. The highest BCUT2D eigenvalue weighted by Gasteiger charge is 2.50. The summed E-state index contributed by atoms with van der Waals surface area (Å²) in [6.07, 6.45) is -7.89. The van der Waals surface area contributed by atoms with Crippen molar-refractivity contribution in [3.8, 4) is 0 Å². The minimum Gasteiger partial charge on any atom is -0.313 e. The van der Waals surface area contributed by atoms with E-state index in [9.17, 15) is 30.4 Å². The van der Waals surface area contributed by atoms with E-state index in [4.69, 9.17) is 5.26 Å².